The first-order valence-electron chi connectivity index (χ1n) is 7.24. The topological polar surface area (TPSA) is 32.3 Å². The van der Waals surface area contributed by atoms with Crippen LogP contribution in [0.2, 0.25) is 10.0 Å². The van der Waals surface area contributed by atoms with E-state index in [1.54, 1.807) is 0 Å². The van der Waals surface area contributed by atoms with Gasteiger partial charge in [-0.1, -0.05) is 35.9 Å². The van der Waals surface area contributed by atoms with E-state index in [2.05, 4.69) is 11.9 Å². The van der Waals surface area contributed by atoms with Crippen LogP contribution in [0.25, 0.3) is 0 Å². The number of nitrogens with one attached hydrogen (secondary N) is 1. The molecule has 26 heavy (non-hydrogen) atoms. The van der Waals surface area contributed by atoms with E-state index in [1.165, 1.54) is 48.5 Å². The third-order valence-electron chi connectivity index (χ3n) is 3.19. The minimum Gasteiger partial charge on any atom is -0.307 e. The molecule has 0 saturated carbocycles. The number of carbonyl (C=O) groups is 1. The van der Waals surface area contributed by atoms with Crippen LogP contribution in [0.5, 0.6) is 0 Å². The van der Waals surface area contributed by atoms with Gasteiger partial charge in [0, 0.05) is 15.7 Å². The zero-order valence-corrected chi connectivity index (χ0v) is 14.7. The molecule has 8 heteroatoms. The van der Waals surface area contributed by atoms with Crippen molar-refractivity contribution < 1.29 is 18.0 Å². The summed E-state index contributed by atoms with van der Waals surface area (Å²) in [6.45, 7) is 3.29. The molecule has 0 atom stereocenters. The van der Waals surface area contributed by atoms with E-state index in [0.29, 0.717) is 20.6 Å². The van der Waals surface area contributed by atoms with Gasteiger partial charge in [-0.2, -0.15) is 13.2 Å². The molecule has 1 N–H and O–H groups in total. The van der Waals surface area contributed by atoms with Gasteiger partial charge in [0.05, 0.1) is 5.69 Å². The molecule has 2 rings (SSSR count). The number of halogens is 5. The summed E-state index contributed by atoms with van der Waals surface area (Å²) in [4.78, 5) is 13.1. The minimum absolute atomic E-state index is 0.00807. The molecule has 0 aliphatic rings. The number of allylic oxidation sites excluding steroid dienone is 3. The first-order valence-corrected chi connectivity index (χ1v) is 8.00. The molecule has 0 heterocycles. The zero-order chi connectivity index (χ0) is 19.3. The quantitative estimate of drug-likeness (QED) is 0.571. The lowest BCUT2D eigenvalue weighted by Gasteiger charge is -2.27. The molecule has 0 radical (unpaired) electrons. The van der Waals surface area contributed by atoms with Crippen LogP contribution in [-0.4, -0.2) is 12.2 Å². The maximum Gasteiger partial charge on any atom is 0.431 e. The molecule has 3 nitrogen and oxygen atoms in total. The fourth-order valence-electron chi connectivity index (χ4n) is 2.08. The lowest BCUT2D eigenvalue weighted by molar-refractivity contribution is -0.0925. The first kappa shape index (κ1) is 19.9. The Morgan fingerprint density at radius 3 is 1.96 bits per heavy atom. The molecule has 0 aliphatic carbocycles. The lowest BCUT2D eigenvalue weighted by Crippen LogP contribution is -2.39. The Kier molecular flexibility index (Phi) is 6.34. The Hall–Kier alpha value is -2.44. The summed E-state index contributed by atoms with van der Waals surface area (Å²) in [6, 6.07) is 10.4. The molecule has 2 amide bonds. The van der Waals surface area contributed by atoms with Crippen LogP contribution in [-0.2, 0) is 0 Å². The Balaban J connectivity index is 2.46. The summed E-state index contributed by atoms with van der Waals surface area (Å²) in [6.07, 6.45) is -3.11. The predicted octanol–water partition coefficient (Wildman–Crippen LogP) is 6.66. The highest BCUT2D eigenvalue weighted by atomic mass is 35.5. The van der Waals surface area contributed by atoms with E-state index in [0.717, 1.165) is 12.2 Å². The van der Waals surface area contributed by atoms with Gasteiger partial charge < -0.3 is 5.32 Å². The second-order valence-corrected chi connectivity index (χ2v) is 5.91. The summed E-state index contributed by atoms with van der Waals surface area (Å²) in [7, 11) is 0. The van der Waals surface area contributed by atoms with Crippen molar-refractivity contribution in [2.75, 3.05) is 10.2 Å². The molecular weight excluding hydrogens is 388 g/mol. The number of rotatable bonds is 4. The number of nitrogens with zero attached hydrogens (tertiary/aromatic N) is 1. The largest absolute Gasteiger partial charge is 0.431 e. The summed E-state index contributed by atoms with van der Waals surface area (Å²) < 4.78 is 40.5. The SMILES string of the molecule is C=C/C=C(/N(C(=O)Nc1ccc(Cl)cc1)c1ccc(Cl)cc1)C(F)(F)F. The van der Waals surface area contributed by atoms with E-state index in [9.17, 15) is 18.0 Å². The van der Waals surface area contributed by atoms with Crippen LogP contribution in [0.1, 0.15) is 0 Å². The Labute approximate surface area is 158 Å². The summed E-state index contributed by atoms with van der Waals surface area (Å²) in [5.41, 5.74) is -0.911. The van der Waals surface area contributed by atoms with E-state index in [-0.39, 0.29) is 5.69 Å². The maximum absolute atomic E-state index is 13.5. The van der Waals surface area contributed by atoms with E-state index in [4.69, 9.17) is 23.2 Å². The second kappa shape index (κ2) is 8.29. The standard InChI is InChI=1S/C18H13Cl2F3N2O/c1-2-3-16(18(21,22)23)25(15-10-6-13(20)7-11-15)17(26)24-14-8-4-12(19)5-9-14/h2-11H,1H2,(H,24,26)/b16-3+. The molecule has 0 unspecified atom stereocenters. The van der Waals surface area contributed by atoms with Crippen molar-refractivity contribution in [1.82, 2.24) is 0 Å². The van der Waals surface area contributed by atoms with Gasteiger partial charge in [0.1, 0.15) is 5.70 Å². The van der Waals surface area contributed by atoms with Crippen molar-refractivity contribution in [3.63, 3.8) is 0 Å². The summed E-state index contributed by atoms with van der Waals surface area (Å²) >= 11 is 11.6. The first-order chi connectivity index (χ1) is 12.2. The average Bonchev–Trinajstić information content (AvgIpc) is 2.57. The fraction of sp³-hybridized carbons (Fsp3) is 0.0556. The molecule has 0 aliphatic heterocycles. The molecule has 0 spiro atoms. The third kappa shape index (κ3) is 5.03. The molecule has 2 aromatic carbocycles. The van der Waals surface area contributed by atoms with Crippen molar-refractivity contribution >= 4 is 40.6 Å². The van der Waals surface area contributed by atoms with Gasteiger partial charge in [-0.3, -0.25) is 4.90 Å². The van der Waals surface area contributed by atoms with E-state index in [1.807, 2.05) is 0 Å². The zero-order valence-electron chi connectivity index (χ0n) is 13.2. The number of amides is 2. The summed E-state index contributed by atoms with van der Waals surface area (Å²) in [5, 5.41) is 3.17. The number of hydrogen-bond acceptors (Lipinski definition) is 1. The highest BCUT2D eigenvalue weighted by molar-refractivity contribution is 6.31. The fourth-order valence-corrected chi connectivity index (χ4v) is 2.33. The van der Waals surface area contributed by atoms with E-state index < -0.39 is 17.9 Å². The minimum atomic E-state index is -4.79. The predicted molar refractivity (Wildman–Crippen MR) is 98.7 cm³/mol. The highest BCUT2D eigenvalue weighted by Crippen LogP contribution is 2.33. The van der Waals surface area contributed by atoms with Gasteiger partial charge >= 0.3 is 12.2 Å². The molecule has 0 aromatic heterocycles. The normalized spacial score (nSPS) is 11.8. The number of alkyl halides is 3. The molecule has 136 valence electrons. The third-order valence-corrected chi connectivity index (χ3v) is 3.69. The van der Waals surface area contributed by atoms with Crippen molar-refractivity contribution in [1.29, 1.82) is 0 Å². The van der Waals surface area contributed by atoms with E-state index >= 15 is 0 Å². The number of hydrogen-bond donors (Lipinski definition) is 1. The van der Waals surface area contributed by atoms with Crippen LogP contribution in [0.15, 0.2) is 73.0 Å². The molecule has 2 aromatic rings. The molecule has 0 bridgehead atoms. The Morgan fingerprint density at radius 1 is 1.00 bits per heavy atom. The highest BCUT2D eigenvalue weighted by Gasteiger charge is 2.40. The van der Waals surface area contributed by atoms with Gasteiger partial charge in [0.15, 0.2) is 0 Å². The monoisotopic (exact) mass is 400 g/mol. The summed E-state index contributed by atoms with van der Waals surface area (Å²) in [5.74, 6) is 0. The lowest BCUT2D eigenvalue weighted by atomic mass is 10.2. The van der Waals surface area contributed by atoms with Gasteiger partial charge in [-0.25, -0.2) is 4.79 Å². The van der Waals surface area contributed by atoms with Crippen LogP contribution in [0.3, 0.4) is 0 Å². The van der Waals surface area contributed by atoms with Crippen molar-refractivity contribution in [2.24, 2.45) is 0 Å². The molecule has 0 saturated heterocycles. The van der Waals surface area contributed by atoms with Gasteiger partial charge in [-0.15, -0.1) is 0 Å². The van der Waals surface area contributed by atoms with Crippen molar-refractivity contribution in [2.45, 2.75) is 6.18 Å². The van der Waals surface area contributed by atoms with Crippen LogP contribution in [0.4, 0.5) is 29.3 Å². The number of anilines is 2. The second-order valence-electron chi connectivity index (χ2n) is 5.03. The van der Waals surface area contributed by atoms with Crippen LogP contribution in [0, 0.1) is 0 Å². The van der Waals surface area contributed by atoms with Gasteiger partial charge in [0.25, 0.3) is 0 Å². The number of urea groups is 1. The molecular formula is C18H13Cl2F3N2O. The Morgan fingerprint density at radius 2 is 1.50 bits per heavy atom. The van der Waals surface area contributed by atoms with Crippen molar-refractivity contribution in [3.8, 4) is 0 Å². The van der Waals surface area contributed by atoms with Gasteiger partial charge in [0.2, 0.25) is 0 Å². The van der Waals surface area contributed by atoms with Crippen LogP contribution >= 0.6 is 23.2 Å². The maximum atomic E-state index is 13.5. The smallest absolute Gasteiger partial charge is 0.307 e. The number of benzene rings is 2. The average molecular weight is 401 g/mol. The van der Waals surface area contributed by atoms with Crippen molar-refractivity contribution in [3.05, 3.63) is 83.0 Å². The Bertz CT molecular complexity index is 816. The van der Waals surface area contributed by atoms with Gasteiger partial charge in [-0.05, 0) is 54.6 Å². The number of carbonyl (C=O) groups excluding carboxylic acids is 1. The van der Waals surface area contributed by atoms with Crippen LogP contribution < -0.4 is 10.2 Å². The molecule has 0 fully saturated rings.